The molecule has 1 saturated heterocycles. The standard InChI is InChI=1S/C12H17N3O/c1-9(16)11-8-12(14-10(2)13-11)15-6-4-3-5-7-15/h8H,3-7H2,1-2H3. The van der Waals surface area contributed by atoms with Crippen LogP contribution in [-0.4, -0.2) is 28.8 Å². The highest BCUT2D eigenvalue weighted by molar-refractivity contribution is 5.92. The first-order chi connectivity index (χ1) is 7.66. The second-order valence-electron chi connectivity index (χ2n) is 4.26. The first-order valence-electron chi connectivity index (χ1n) is 5.78. The third-order valence-corrected chi connectivity index (χ3v) is 2.87. The zero-order valence-electron chi connectivity index (χ0n) is 9.86. The van der Waals surface area contributed by atoms with Gasteiger partial charge in [-0.1, -0.05) is 0 Å². The summed E-state index contributed by atoms with van der Waals surface area (Å²) in [4.78, 5) is 22.1. The van der Waals surface area contributed by atoms with Gasteiger partial charge >= 0.3 is 0 Å². The Kier molecular flexibility index (Phi) is 3.17. The number of carbonyl (C=O) groups excluding carboxylic acids is 1. The van der Waals surface area contributed by atoms with E-state index in [2.05, 4.69) is 14.9 Å². The molecule has 1 aliphatic rings. The summed E-state index contributed by atoms with van der Waals surface area (Å²) in [5, 5.41) is 0. The van der Waals surface area contributed by atoms with Crippen LogP contribution in [0.25, 0.3) is 0 Å². The van der Waals surface area contributed by atoms with Gasteiger partial charge in [0.25, 0.3) is 0 Å². The Morgan fingerprint density at radius 1 is 1.25 bits per heavy atom. The number of aromatic nitrogens is 2. The number of hydrogen-bond donors (Lipinski definition) is 0. The first-order valence-corrected chi connectivity index (χ1v) is 5.78. The van der Waals surface area contributed by atoms with Crippen molar-refractivity contribution < 1.29 is 4.79 Å². The normalized spacial score (nSPS) is 16.2. The highest BCUT2D eigenvalue weighted by Crippen LogP contribution is 2.18. The van der Waals surface area contributed by atoms with Crippen LogP contribution in [0.2, 0.25) is 0 Å². The van der Waals surface area contributed by atoms with Crippen molar-refractivity contribution in [2.45, 2.75) is 33.1 Å². The predicted molar refractivity (Wildman–Crippen MR) is 62.8 cm³/mol. The van der Waals surface area contributed by atoms with Gasteiger partial charge in [0.1, 0.15) is 17.3 Å². The van der Waals surface area contributed by atoms with E-state index in [9.17, 15) is 4.79 Å². The predicted octanol–water partition coefficient (Wildman–Crippen LogP) is 1.98. The van der Waals surface area contributed by atoms with Gasteiger partial charge < -0.3 is 4.90 Å². The number of Topliss-reactive ketones (excluding diaryl/α,β-unsaturated/α-hetero) is 1. The van der Waals surface area contributed by atoms with Crippen LogP contribution in [0.5, 0.6) is 0 Å². The van der Waals surface area contributed by atoms with Crippen LogP contribution in [0.3, 0.4) is 0 Å². The van der Waals surface area contributed by atoms with Crippen molar-refractivity contribution in [3.8, 4) is 0 Å². The highest BCUT2D eigenvalue weighted by atomic mass is 16.1. The summed E-state index contributed by atoms with van der Waals surface area (Å²) in [5.41, 5.74) is 0.521. The average molecular weight is 219 g/mol. The number of aryl methyl sites for hydroxylation is 1. The second-order valence-corrected chi connectivity index (χ2v) is 4.26. The molecule has 0 saturated carbocycles. The second kappa shape index (κ2) is 4.60. The van der Waals surface area contributed by atoms with Crippen molar-refractivity contribution in [2.75, 3.05) is 18.0 Å². The van der Waals surface area contributed by atoms with Crippen molar-refractivity contribution in [1.82, 2.24) is 9.97 Å². The summed E-state index contributed by atoms with van der Waals surface area (Å²) in [6.45, 7) is 5.45. The summed E-state index contributed by atoms with van der Waals surface area (Å²) in [6.07, 6.45) is 3.71. The Labute approximate surface area is 95.7 Å². The molecule has 1 aliphatic heterocycles. The minimum Gasteiger partial charge on any atom is -0.356 e. The summed E-state index contributed by atoms with van der Waals surface area (Å²) >= 11 is 0. The molecule has 0 amide bonds. The van der Waals surface area contributed by atoms with Crippen molar-refractivity contribution in [1.29, 1.82) is 0 Å². The van der Waals surface area contributed by atoms with Crippen LogP contribution >= 0.6 is 0 Å². The molecule has 0 bridgehead atoms. The molecule has 1 aromatic heterocycles. The molecule has 16 heavy (non-hydrogen) atoms. The maximum atomic E-state index is 11.3. The summed E-state index contributed by atoms with van der Waals surface area (Å²) in [6, 6.07) is 1.81. The number of carbonyl (C=O) groups is 1. The van der Waals surface area contributed by atoms with Crippen molar-refractivity contribution in [3.05, 3.63) is 17.6 Å². The van der Waals surface area contributed by atoms with Gasteiger partial charge in [0.05, 0.1) is 0 Å². The summed E-state index contributed by atoms with van der Waals surface area (Å²) in [5.74, 6) is 1.58. The molecule has 0 aliphatic carbocycles. The van der Waals surface area contributed by atoms with Crippen LogP contribution in [0.15, 0.2) is 6.07 Å². The molecule has 0 aromatic carbocycles. The van der Waals surface area contributed by atoms with Crippen molar-refractivity contribution in [3.63, 3.8) is 0 Å². The van der Waals surface area contributed by atoms with Gasteiger partial charge in [-0.3, -0.25) is 4.79 Å². The van der Waals surface area contributed by atoms with Gasteiger partial charge in [0.2, 0.25) is 0 Å². The molecule has 2 rings (SSSR count). The molecular weight excluding hydrogens is 202 g/mol. The quantitative estimate of drug-likeness (QED) is 0.713. The zero-order chi connectivity index (χ0) is 11.5. The summed E-state index contributed by atoms with van der Waals surface area (Å²) < 4.78 is 0. The lowest BCUT2D eigenvalue weighted by molar-refractivity contribution is 0.101. The maximum Gasteiger partial charge on any atom is 0.178 e. The Bertz CT molecular complexity index is 397. The van der Waals surface area contributed by atoms with Gasteiger partial charge in [-0.15, -0.1) is 0 Å². The molecule has 0 unspecified atom stereocenters. The van der Waals surface area contributed by atoms with Crippen LogP contribution in [0.1, 0.15) is 42.5 Å². The zero-order valence-corrected chi connectivity index (χ0v) is 9.86. The van der Waals surface area contributed by atoms with E-state index in [-0.39, 0.29) is 5.78 Å². The highest BCUT2D eigenvalue weighted by Gasteiger charge is 2.14. The molecule has 0 atom stereocenters. The van der Waals surface area contributed by atoms with Gasteiger partial charge in [-0.25, -0.2) is 9.97 Å². The topological polar surface area (TPSA) is 46.1 Å². The lowest BCUT2D eigenvalue weighted by Crippen LogP contribution is -2.30. The number of ketones is 1. The molecule has 0 radical (unpaired) electrons. The molecule has 0 spiro atoms. The number of hydrogen-bond acceptors (Lipinski definition) is 4. The number of nitrogens with zero attached hydrogens (tertiary/aromatic N) is 3. The molecule has 0 N–H and O–H groups in total. The van der Waals surface area contributed by atoms with Crippen LogP contribution < -0.4 is 4.90 Å². The van der Waals surface area contributed by atoms with E-state index in [1.807, 2.05) is 6.92 Å². The molecule has 2 heterocycles. The van der Waals surface area contributed by atoms with E-state index < -0.39 is 0 Å². The van der Waals surface area contributed by atoms with Gasteiger partial charge in [-0.2, -0.15) is 0 Å². The van der Waals surface area contributed by atoms with E-state index in [4.69, 9.17) is 0 Å². The Hall–Kier alpha value is -1.45. The van der Waals surface area contributed by atoms with Gasteiger partial charge in [0, 0.05) is 26.1 Å². The average Bonchev–Trinajstić information content (AvgIpc) is 2.29. The fourth-order valence-electron chi connectivity index (χ4n) is 2.02. The van der Waals surface area contributed by atoms with Crippen LogP contribution in [0, 0.1) is 6.92 Å². The van der Waals surface area contributed by atoms with Crippen LogP contribution in [0.4, 0.5) is 5.82 Å². The minimum absolute atomic E-state index is 0.00348. The number of anilines is 1. The van der Waals surface area contributed by atoms with E-state index in [1.165, 1.54) is 19.3 Å². The monoisotopic (exact) mass is 219 g/mol. The van der Waals surface area contributed by atoms with Crippen LogP contribution in [-0.2, 0) is 0 Å². The SMILES string of the molecule is CC(=O)c1cc(N2CCCCC2)nc(C)n1. The molecule has 1 fully saturated rings. The molecule has 4 nitrogen and oxygen atoms in total. The van der Waals surface area contributed by atoms with E-state index in [0.29, 0.717) is 11.5 Å². The Morgan fingerprint density at radius 3 is 2.56 bits per heavy atom. The fourth-order valence-corrected chi connectivity index (χ4v) is 2.02. The Morgan fingerprint density at radius 2 is 1.94 bits per heavy atom. The van der Waals surface area contributed by atoms with Crippen molar-refractivity contribution in [2.24, 2.45) is 0 Å². The van der Waals surface area contributed by atoms with Gasteiger partial charge in [0.15, 0.2) is 5.78 Å². The number of rotatable bonds is 2. The third kappa shape index (κ3) is 2.38. The molecule has 4 heteroatoms. The smallest absolute Gasteiger partial charge is 0.178 e. The molecule has 1 aromatic rings. The lowest BCUT2D eigenvalue weighted by Gasteiger charge is -2.27. The molecule has 86 valence electrons. The molecular formula is C12H17N3O. The first kappa shape index (κ1) is 11.0. The lowest BCUT2D eigenvalue weighted by atomic mass is 10.1. The summed E-state index contributed by atoms with van der Waals surface area (Å²) in [7, 11) is 0. The van der Waals surface area contributed by atoms with E-state index >= 15 is 0 Å². The van der Waals surface area contributed by atoms with E-state index in [0.717, 1.165) is 18.9 Å². The number of piperidine rings is 1. The minimum atomic E-state index is 0.00348. The Balaban J connectivity index is 2.28. The third-order valence-electron chi connectivity index (χ3n) is 2.87. The van der Waals surface area contributed by atoms with Gasteiger partial charge in [-0.05, 0) is 26.2 Å². The van der Waals surface area contributed by atoms with E-state index in [1.54, 1.807) is 13.0 Å². The van der Waals surface area contributed by atoms with Crippen molar-refractivity contribution >= 4 is 11.6 Å². The fraction of sp³-hybridized carbons (Fsp3) is 0.583. The largest absolute Gasteiger partial charge is 0.356 e. The maximum absolute atomic E-state index is 11.3.